The molecule has 1 aliphatic rings. The standard InChI is InChI=1S/C13H18/c1-2-3-5-11-6-4-7-13(10-11)12-8-9-12/h4,6-7,10,12H,2-3,5,8-9H2,1H3. The summed E-state index contributed by atoms with van der Waals surface area (Å²) in [6.45, 7) is 2.25. The summed E-state index contributed by atoms with van der Waals surface area (Å²) in [4.78, 5) is 0. The highest BCUT2D eigenvalue weighted by molar-refractivity contribution is 5.29. The molecule has 0 bridgehead atoms. The predicted octanol–water partition coefficient (Wildman–Crippen LogP) is 3.91. The van der Waals surface area contributed by atoms with Gasteiger partial charge in [-0.3, -0.25) is 0 Å². The molecule has 1 aromatic rings. The van der Waals surface area contributed by atoms with Crippen molar-refractivity contribution in [2.24, 2.45) is 0 Å². The van der Waals surface area contributed by atoms with Crippen molar-refractivity contribution in [1.29, 1.82) is 0 Å². The fourth-order valence-electron chi connectivity index (χ4n) is 1.80. The van der Waals surface area contributed by atoms with Gasteiger partial charge in [-0.1, -0.05) is 37.6 Å². The van der Waals surface area contributed by atoms with E-state index in [4.69, 9.17) is 0 Å². The van der Waals surface area contributed by atoms with Crippen LogP contribution in [0.4, 0.5) is 0 Å². The third-order valence-electron chi connectivity index (χ3n) is 2.82. The summed E-state index contributed by atoms with van der Waals surface area (Å²) in [6.07, 6.45) is 6.72. The zero-order valence-electron chi connectivity index (χ0n) is 8.42. The zero-order chi connectivity index (χ0) is 9.10. The molecule has 0 N–H and O–H groups in total. The first kappa shape index (κ1) is 8.80. The average molecular weight is 174 g/mol. The van der Waals surface area contributed by atoms with Gasteiger partial charge < -0.3 is 0 Å². The molecule has 0 spiro atoms. The maximum absolute atomic E-state index is 2.41. The summed E-state index contributed by atoms with van der Waals surface area (Å²) < 4.78 is 0. The van der Waals surface area contributed by atoms with Gasteiger partial charge in [0.15, 0.2) is 0 Å². The van der Waals surface area contributed by atoms with Gasteiger partial charge in [0.05, 0.1) is 0 Å². The summed E-state index contributed by atoms with van der Waals surface area (Å²) in [5.74, 6) is 0.904. The second kappa shape index (κ2) is 3.95. The van der Waals surface area contributed by atoms with Crippen LogP contribution >= 0.6 is 0 Å². The van der Waals surface area contributed by atoms with E-state index >= 15 is 0 Å². The maximum atomic E-state index is 2.41. The molecule has 0 unspecified atom stereocenters. The largest absolute Gasteiger partial charge is 0.0654 e. The van der Waals surface area contributed by atoms with Crippen molar-refractivity contribution in [3.63, 3.8) is 0 Å². The number of benzene rings is 1. The summed E-state index contributed by atoms with van der Waals surface area (Å²) in [5.41, 5.74) is 3.11. The van der Waals surface area contributed by atoms with Crippen molar-refractivity contribution in [1.82, 2.24) is 0 Å². The van der Waals surface area contributed by atoms with Gasteiger partial charge in [-0.2, -0.15) is 0 Å². The second-order valence-corrected chi connectivity index (χ2v) is 4.12. The fraction of sp³-hybridized carbons (Fsp3) is 0.538. The molecule has 0 aliphatic heterocycles. The van der Waals surface area contributed by atoms with E-state index in [2.05, 4.69) is 31.2 Å². The molecule has 0 amide bonds. The van der Waals surface area contributed by atoms with Gasteiger partial charge in [-0.15, -0.1) is 0 Å². The minimum Gasteiger partial charge on any atom is -0.0654 e. The van der Waals surface area contributed by atoms with Gasteiger partial charge >= 0.3 is 0 Å². The monoisotopic (exact) mass is 174 g/mol. The lowest BCUT2D eigenvalue weighted by molar-refractivity contribution is 0.794. The first-order chi connectivity index (χ1) is 6.40. The lowest BCUT2D eigenvalue weighted by Gasteiger charge is -2.02. The Morgan fingerprint density at radius 3 is 2.85 bits per heavy atom. The molecule has 0 atom stereocenters. The van der Waals surface area contributed by atoms with Crippen LogP contribution < -0.4 is 0 Å². The summed E-state index contributed by atoms with van der Waals surface area (Å²) in [7, 11) is 0. The molecule has 1 aromatic carbocycles. The van der Waals surface area contributed by atoms with Crippen molar-refractivity contribution >= 4 is 0 Å². The van der Waals surface area contributed by atoms with Gasteiger partial charge in [0.1, 0.15) is 0 Å². The normalized spacial score (nSPS) is 16.1. The van der Waals surface area contributed by atoms with Crippen LogP contribution in [0.3, 0.4) is 0 Å². The smallest absolute Gasteiger partial charge is 0.0161 e. The van der Waals surface area contributed by atoms with Crippen LogP contribution in [0.2, 0.25) is 0 Å². The molecule has 0 aromatic heterocycles. The van der Waals surface area contributed by atoms with Crippen molar-refractivity contribution in [2.75, 3.05) is 0 Å². The van der Waals surface area contributed by atoms with Crippen LogP contribution in [0.15, 0.2) is 24.3 Å². The van der Waals surface area contributed by atoms with Gasteiger partial charge in [0.25, 0.3) is 0 Å². The molecule has 0 heteroatoms. The molecule has 0 heterocycles. The number of hydrogen-bond acceptors (Lipinski definition) is 0. The van der Waals surface area contributed by atoms with Crippen molar-refractivity contribution < 1.29 is 0 Å². The Morgan fingerprint density at radius 2 is 2.15 bits per heavy atom. The van der Waals surface area contributed by atoms with Crippen molar-refractivity contribution in [3.05, 3.63) is 35.4 Å². The molecule has 0 radical (unpaired) electrons. The van der Waals surface area contributed by atoms with Crippen LogP contribution in [0.1, 0.15) is 49.7 Å². The number of rotatable bonds is 4. The lowest BCUT2D eigenvalue weighted by Crippen LogP contribution is -1.86. The summed E-state index contributed by atoms with van der Waals surface area (Å²) in [6, 6.07) is 9.18. The van der Waals surface area contributed by atoms with Crippen LogP contribution in [0.25, 0.3) is 0 Å². The second-order valence-electron chi connectivity index (χ2n) is 4.12. The molecule has 13 heavy (non-hydrogen) atoms. The number of aryl methyl sites for hydroxylation is 1. The van der Waals surface area contributed by atoms with E-state index in [0.29, 0.717) is 0 Å². The highest BCUT2D eigenvalue weighted by atomic mass is 14.3. The van der Waals surface area contributed by atoms with Gasteiger partial charge in [-0.05, 0) is 42.7 Å². The molecular weight excluding hydrogens is 156 g/mol. The van der Waals surface area contributed by atoms with E-state index in [0.717, 1.165) is 5.92 Å². The molecule has 1 saturated carbocycles. The number of hydrogen-bond donors (Lipinski definition) is 0. The summed E-state index contributed by atoms with van der Waals surface area (Å²) >= 11 is 0. The highest BCUT2D eigenvalue weighted by Crippen LogP contribution is 2.40. The fourth-order valence-corrected chi connectivity index (χ4v) is 1.80. The third-order valence-corrected chi connectivity index (χ3v) is 2.82. The minimum atomic E-state index is 0.904. The van der Waals surface area contributed by atoms with Gasteiger partial charge in [-0.25, -0.2) is 0 Å². The minimum absolute atomic E-state index is 0.904. The van der Waals surface area contributed by atoms with Crippen molar-refractivity contribution in [3.8, 4) is 0 Å². The Morgan fingerprint density at radius 1 is 1.31 bits per heavy atom. The van der Waals surface area contributed by atoms with E-state index in [9.17, 15) is 0 Å². The Labute approximate surface area is 81.0 Å². The molecule has 1 aliphatic carbocycles. The van der Waals surface area contributed by atoms with Crippen LogP contribution in [0.5, 0.6) is 0 Å². The zero-order valence-corrected chi connectivity index (χ0v) is 8.42. The van der Waals surface area contributed by atoms with Crippen LogP contribution in [0, 0.1) is 0 Å². The summed E-state index contributed by atoms with van der Waals surface area (Å²) in [5, 5.41) is 0. The quantitative estimate of drug-likeness (QED) is 0.649. The lowest BCUT2D eigenvalue weighted by atomic mass is 10.0. The Hall–Kier alpha value is -0.780. The SMILES string of the molecule is CCCCc1cccc(C2CC2)c1. The maximum Gasteiger partial charge on any atom is -0.0161 e. The first-order valence-electron chi connectivity index (χ1n) is 5.49. The van der Waals surface area contributed by atoms with Gasteiger partial charge in [0, 0.05) is 0 Å². The molecule has 0 nitrogen and oxygen atoms in total. The molecule has 0 saturated heterocycles. The third kappa shape index (κ3) is 2.33. The molecule has 1 fully saturated rings. The van der Waals surface area contributed by atoms with E-state index in [-0.39, 0.29) is 0 Å². The predicted molar refractivity (Wildman–Crippen MR) is 57.0 cm³/mol. The van der Waals surface area contributed by atoms with E-state index in [1.165, 1.54) is 37.7 Å². The van der Waals surface area contributed by atoms with E-state index < -0.39 is 0 Å². The van der Waals surface area contributed by atoms with Crippen LogP contribution in [-0.4, -0.2) is 0 Å². The first-order valence-corrected chi connectivity index (χ1v) is 5.49. The Bertz CT molecular complexity index is 271. The Balaban J connectivity index is 2.03. The Kier molecular flexibility index (Phi) is 2.68. The van der Waals surface area contributed by atoms with E-state index in [1.807, 2.05) is 0 Å². The average Bonchev–Trinajstić information content (AvgIpc) is 2.98. The van der Waals surface area contributed by atoms with Crippen LogP contribution in [-0.2, 0) is 6.42 Å². The highest BCUT2D eigenvalue weighted by Gasteiger charge is 2.23. The molecular formula is C13H18. The molecule has 70 valence electrons. The van der Waals surface area contributed by atoms with E-state index in [1.54, 1.807) is 5.56 Å². The number of unbranched alkanes of at least 4 members (excludes halogenated alkanes) is 1. The van der Waals surface area contributed by atoms with Crippen molar-refractivity contribution in [2.45, 2.75) is 44.9 Å². The topological polar surface area (TPSA) is 0 Å². The molecule has 2 rings (SSSR count). The van der Waals surface area contributed by atoms with Gasteiger partial charge in [0.2, 0.25) is 0 Å².